The molecule has 0 spiro atoms. The molecule has 1 rings (SSSR count). The van der Waals surface area contributed by atoms with Crippen molar-refractivity contribution in [2.24, 2.45) is 0 Å². The standard InChI is InChI=1S/C7H5BrN2/c1-9-7-3-2-6(4-8)5-10-7/h2-3,5H,4H2. The Morgan fingerprint density at radius 1 is 1.60 bits per heavy atom. The quantitative estimate of drug-likeness (QED) is 0.499. The summed E-state index contributed by atoms with van der Waals surface area (Å²) in [6.07, 6.45) is 1.70. The van der Waals surface area contributed by atoms with Crippen LogP contribution in [-0.4, -0.2) is 4.98 Å². The molecule has 0 aromatic carbocycles. The summed E-state index contributed by atoms with van der Waals surface area (Å²) < 4.78 is 0. The van der Waals surface area contributed by atoms with Gasteiger partial charge < -0.3 is 4.85 Å². The molecular weight excluding hydrogens is 192 g/mol. The van der Waals surface area contributed by atoms with Crippen LogP contribution in [0.1, 0.15) is 5.56 Å². The molecular formula is C7H5BrN2. The van der Waals surface area contributed by atoms with Crippen molar-refractivity contribution < 1.29 is 0 Å². The summed E-state index contributed by atoms with van der Waals surface area (Å²) in [5, 5.41) is 0.790. The Labute approximate surface area is 67.9 Å². The van der Waals surface area contributed by atoms with Gasteiger partial charge in [-0.05, 0) is 6.07 Å². The molecule has 0 saturated heterocycles. The van der Waals surface area contributed by atoms with Crippen LogP contribution >= 0.6 is 15.9 Å². The van der Waals surface area contributed by atoms with Gasteiger partial charge in [0.1, 0.15) is 6.20 Å². The highest BCUT2D eigenvalue weighted by Gasteiger charge is 1.92. The molecule has 0 aliphatic heterocycles. The Balaban J connectivity index is 2.93. The highest BCUT2D eigenvalue weighted by Crippen LogP contribution is 2.09. The van der Waals surface area contributed by atoms with Crippen molar-refractivity contribution in [1.82, 2.24) is 4.98 Å². The Morgan fingerprint density at radius 3 is 2.80 bits per heavy atom. The zero-order valence-corrected chi connectivity index (χ0v) is 6.80. The third-order valence-corrected chi connectivity index (χ3v) is 1.73. The number of aromatic nitrogens is 1. The maximum absolute atomic E-state index is 6.62. The van der Waals surface area contributed by atoms with E-state index in [1.54, 1.807) is 12.3 Å². The molecule has 0 fully saturated rings. The van der Waals surface area contributed by atoms with Crippen LogP contribution < -0.4 is 0 Å². The summed E-state index contributed by atoms with van der Waals surface area (Å²) in [5.74, 6) is 0.449. The van der Waals surface area contributed by atoms with Crippen LogP contribution in [0.2, 0.25) is 0 Å². The lowest BCUT2D eigenvalue weighted by Gasteiger charge is -1.89. The van der Waals surface area contributed by atoms with Crippen LogP contribution in [0.15, 0.2) is 18.3 Å². The molecule has 0 N–H and O–H groups in total. The summed E-state index contributed by atoms with van der Waals surface area (Å²) in [5.41, 5.74) is 1.09. The molecule has 0 bridgehead atoms. The van der Waals surface area contributed by atoms with E-state index in [9.17, 15) is 0 Å². The fourth-order valence-electron chi connectivity index (χ4n) is 0.562. The van der Waals surface area contributed by atoms with Crippen molar-refractivity contribution >= 4 is 21.7 Å². The zero-order chi connectivity index (χ0) is 7.40. The van der Waals surface area contributed by atoms with Crippen molar-refractivity contribution in [3.8, 4) is 0 Å². The van der Waals surface area contributed by atoms with Gasteiger partial charge in [-0.2, -0.15) is 0 Å². The molecule has 0 aliphatic carbocycles. The van der Waals surface area contributed by atoms with Crippen LogP contribution in [0.25, 0.3) is 4.85 Å². The molecule has 0 amide bonds. The smallest absolute Gasteiger partial charge is 0.269 e. The molecule has 0 unspecified atom stereocenters. The van der Waals surface area contributed by atoms with Crippen LogP contribution in [0, 0.1) is 6.57 Å². The molecule has 3 heteroatoms. The van der Waals surface area contributed by atoms with Crippen LogP contribution in [0.4, 0.5) is 5.82 Å². The Kier molecular flexibility index (Phi) is 2.41. The monoisotopic (exact) mass is 196 g/mol. The topological polar surface area (TPSA) is 17.2 Å². The number of alkyl halides is 1. The van der Waals surface area contributed by atoms with Gasteiger partial charge in [0, 0.05) is 10.9 Å². The predicted octanol–water partition coefficient (Wildman–Crippen LogP) is 2.53. The normalized spacial score (nSPS) is 8.80. The average Bonchev–Trinajstić information content (AvgIpc) is 2.05. The first kappa shape index (κ1) is 7.23. The minimum Gasteiger partial charge on any atom is -0.361 e. The molecule has 1 aromatic heterocycles. The lowest BCUT2D eigenvalue weighted by molar-refractivity contribution is 1.28. The van der Waals surface area contributed by atoms with E-state index in [0.717, 1.165) is 10.9 Å². The molecule has 0 atom stereocenters. The zero-order valence-electron chi connectivity index (χ0n) is 5.21. The molecule has 0 aliphatic rings. The number of hydrogen-bond donors (Lipinski definition) is 0. The van der Waals surface area contributed by atoms with Gasteiger partial charge >= 0.3 is 0 Å². The highest BCUT2D eigenvalue weighted by atomic mass is 79.9. The van der Waals surface area contributed by atoms with Gasteiger partial charge in [0.05, 0.1) is 0 Å². The van der Waals surface area contributed by atoms with Crippen molar-refractivity contribution in [3.05, 3.63) is 35.3 Å². The molecule has 2 nitrogen and oxygen atoms in total. The summed E-state index contributed by atoms with van der Waals surface area (Å²) in [6, 6.07) is 3.60. The number of hydrogen-bond acceptors (Lipinski definition) is 1. The molecule has 1 aromatic rings. The fourth-order valence-corrected chi connectivity index (χ4v) is 0.894. The average molecular weight is 197 g/mol. The van der Waals surface area contributed by atoms with Crippen molar-refractivity contribution in [3.63, 3.8) is 0 Å². The van der Waals surface area contributed by atoms with Crippen LogP contribution in [0.3, 0.4) is 0 Å². The van der Waals surface area contributed by atoms with Crippen molar-refractivity contribution in [1.29, 1.82) is 0 Å². The fraction of sp³-hybridized carbons (Fsp3) is 0.143. The number of rotatable bonds is 1. The van der Waals surface area contributed by atoms with Crippen molar-refractivity contribution in [2.75, 3.05) is 0 Å². The van der Waals surface area contributed by atoms with Crippen LogP contribution in [-0.2, 0) is 5.33 Å². The van der Waals surface area contributed by atoms with Gasteiger partial charge in [0.15, 0.2) is 0 Å². The maximum atomic E-state index is 6.62. The summed E-state index contributed by atoms with van der Waals surface area (Å²) in [7, 11) is 0. The number of nitrogens with zero attached hydrogens (tertiary/aromatic N) is 2. The van der Waals surface area contributed by atoms with E-state index in [1.165, 1.54) is 0 Å². The van der Waals surface area contributed by atoms with E-state index < -0.39 is 0 Å². The van der Waals surface area contributed by atoms with Crippen molar-refractivity contribution in [2.45, 2.75) is 5.33 Å². The van der Waals surface area contributed by atoms with Gasteiger partial charge in [-0.25, -0.2) is 0 Å². The largest absolute Gasteiger partial charge is 0.361 e. The lowest BCUT2D eigenvalue weighted by atomic mass is 10.3. The van der Waals surface area contributed by atoms with E-state index in [4.69, 9.17) is 6.57 Å². The van der Waals surface area contributed by atoms with Gasteiger partial charge in [0.2, 0.25) is 0 Å². The SMILES string of the molecule is [C-]#[N+]c1ccc(CBr)cn1. The number of pyridine rings is 1. The van der Waals surface area contributed by atoms with E-state index in [-0.39, 0.29) is 0 Å². The molecule has 10 heavy (non-hydrogen) atoms. The third-order valence-electron chi connectivity index (χ3n) is 1.08. The highest BCUT2D eigenvalue weighted by molar-refractivity contribution is 9.08. The van der Waals surface area contributed by atoms with Gasteiger partial charge in [-0.1, -0.05) is 28.6 Å². The molecule has 0 radical (unpaired) electrons. The first-order valence-corrected chi connectivity index (χ1v) is 3.87. The maximum Gasteiger partial charge on any atom is 0.269 e. The summed E-state index contributed by atoms with van der Waals surface area (Å²) >= 11 is 3.29. The Bertz CT molecular complexity index is 247. The molecule has 1 heterocycles. The molecule has 50 valence electrons. The lowest BCUT2D eigenvalue weighted by Crippen LogP contribution is -1.77. The first-order chi connectivity index (χ1) is 4.86. The number of halogens is 1. The first-order valence-electron chi connectivity index (χ1n) is 2.75. The van der Waals surface area contributed by atoms with Gasteiger partial charge in [-0.15, -0.1) is 4.98 Å². The van der Waals surface area contributed by atoms with Gasteiger partial charge in [0.25, 0.3) is 5.82 Å². The molecule has 0 saturated carbocycles. The minimum atomic E-state index is 0.449. The van der Waals surface area contributed by atoms with E-state index in [2.05, 4.69) is 25.8 Å². The van der Waals surface area contributed by atoms with E-state index in [0.29, 0.717) is 5.82 Å². The van der Waals surface area contributed by atoms with E-state index >= 15 is 0 Å². The minimum absolute atomic E-state index is 0.449. The predicted molar refractivity (Wildman–Crippen MR) is 43.1 cm³/mol. The Hall–Kier alpha value is -0.880. The summed E-state index contributed by atoms with van der Waals surface area (Å²) in [4.78, 5) is 7.05. The second-order valence-corrected chi connectivity index (χ2v) is 2.33. The van der Waals surface area contributed by atoms with Crippen LogP contribution in [0.5, 0.6) is 0 Å². The second kappa shape index (κ2) is 3.33. The van der Waals surface area contributed by atoms with Gasteiger partial charge in [-0.3, -0.25) is 0 Å². The Morgan fingerprint density at radius 2 is 2.40 bits per heavy atom. The van der Waals surface area contributed by atoms with E-state index in [1.807, 2.05) is 6.07 Å². The summed E-state index contributed by atoms with van der Waals surface area (Å²) in [6.45, 7) is 6.62. The third kappa shape index (κ3) is 1.55. The second-order valence-electron chi connectivity index (χ2n) is 1.77.